The normalized spacial score (nSPS) is 11.2. The van der Waals surface area contributed by atoms with Gasteiger partial charge in [-0.2, -0.15) is 9.78 Å². The van der Waals surface area contributed by atoms with E-state index in [1.165, 1.54) is 10.9 Å². The molecule has 1 heterocycles. The number of aliphatic carboxylic acids is 1. The lowest BCUT2D eigenvalue weighted by atomic mass is 10.2. The monoisotopic (exact) mass is 511 g/mol. The number of aromatic nitrogens is 2. The number of carboxylic acid groups (broad SMARTS) is 1. The van der Waals surface area contributed by atoms with E-state index in [0.717, 1.165) is 0 Å². The number of carboxylic acids is 1. The van der Waals surface area contributed by atoms with Crippen molar-refractivity contribution in [3.63, 3.8) is 0 Å². The Morgan fingerprint density at radius 3 is 2.62 bits per heavy atom. The highest BCUT2D eigenvalue weighted by atomic mass is 79.9. The van der Waals surface area contributed by atoms with Crippen molar-refractivity contribution in [2.45, 2.75) is 0 Å². The number of benzene rings is 3. The van der Waals surface area contributed by atoms with Crippen LogP contribution in [0.4, 0.5) is 0 Å². The summed E-state index contributed by atoms with van der Waals surface area (Å²) in [5.74, 6) is -0.528. The van der Waals surface area contributed by atoms with Crippen LogP contribution in [0, 0.1) is 0 Å². The first-order valence-corrected chi connectivity index (χ1v) is 10.6. The lowest BCUT2D eigenvalue weighted by Gasteiger charge is -2.11. The molecule has 0 unspecified atom stereocenters. The molecule has 0 spiro atoms. The van der Waals surface area contributed by atoms with Crippen molar-refractivity contribution in [3.8, 4) is 17.1 Å². The number of carbonyl (C=O) groups is 1. The second kappa shape index (κ2) is 9.33. The van der Waals surface area contributed by atoms with Gasteiger partial charge in [-0.05, 0) is 40.2 Å². The van der Waals surface area contributed by atoms with Gasteiger partial charge in [0, 0.05) is 16.1 Å². The third kappa shape index (κ3) is 4.56. The van der Waals surface area contributed by atoms with Crippen molar-refractivity contribution in [1.82, 2.24) is 9.66 Å². The minimum absolute atomic E-state index is 0.239. The fraction of sp³-hybridized carbons (Fsp3) is 0.0435. The van der Waals surface area contributed by atoms with Gasteiger partial charge in [0.05, 0.1) is 21.6 Å². The third-order valence-electron chi connectivity index (χ3n) is 4.48. The first-order chi connectivity index (χ1) is 15.4. The Hall–Kier alpha value is -3.49. The molecule has 160 valence electrons. The van der Waals surface area contributed by atoms with Crippen LogP contribution in [0.15, 0.2) is 81.1 Å². The number of halogens is 2. The zero-order chi connectivity index (χ0) is 22.7. The summed E-state index contributed by atoms with van der Waals surface area (Å²) in [4.78, 5) is 28.8. The van der Waals surface area contributed by atoms with Crippen LogP contribution >= 0.6 is 27.5 Å². The maximum Gasteiger partial charge on any atom is 0.341 e. The van der Waals surface area contributed by atoms with Crippen LogP contribution < -0.4 is 10.3 Å². The SMILES string of the molecule is O=C(O)COc1c(Br)cc(Cl)cc1C=Nn1c(-c2ccccc2)nc2ccccc2c1=O. The van der Waals surface area contributed by atoms with E-state index >= 15 is 0 Å². The van der Waals surface area contributed by atoms with E-state index in [1.807, 2.05) is 36.4 Å². The molecule has 0 fully saturated rings. The predicted molar refractivity (Wildman–Crippen MR) is 127 cm³/mol. The molecule has 1 N–H and O–H groups in total. The van der Waals surface area contributed by atoms with Gasteiger partial charge in [0.15, 0.2) is 12.4 Å². The second-order valence-corrected chi connectivity index (χ2v) is 7.96. The van der Waals surface area contributed by atoms with E-state index in [1.54, 1.807) is 30.3 Å². The van der Waals surface area contributed by atoms with Gasteiger partial charge in [-0.1, -0.05) is 54.1 Å². The Balaban J connectivity index is 1.89. The zero-order valence-electron chi connectivity index (χ0n) is 16.4. The van der Waals surface area contributed by atoms with Gasteiger partial charge < -0.3 is 9.84 Å². The lowest BCUT2D eigenvalue weighted by molar-refractivity contribution is -0.139. The van der Waals surface area contributed by atoms with Crippen LogP contribution in [0.1, 0.15) is 5.56 Å². The van der Waals surface area contributed by atoms with E-state index in [4.69, 9.17) is 21.4 Å². The minimum Gasteiger partial charge on any atom is -0.480 e. The molecule has 7 nitrogen and oxygen atoms in total. The molecule has 0 aliphatic carbocycles. The quantitative estimate of drug-likeness (QED) is 0.374. The predicted octanol–water partition coefficient (Wildman–Crippen LogP) is 4.83. The van der Waals surface area contributed by atoms with Crippen LogP contribution in [-0.4, -0.2) is 33.6 Å². The third-order valence-corrected chi connectivity index (χ3v) is 5.28. The summed E-state index contributed by atoms with van der Waals surface area (Å²) in [6, 6.07) is 19.4. The summed E-state index contributed by atoms with van der Waals surface area (Å²) in [5, 5.41) is 14.1. The average molecular weight is 513 g/mol. The fourth-order valence-corrected chi connectivity index (χ4v) is 4.04. The Morgan fingerprint density at radius 2 is 1.88 bits per heavy atom. The molecule has 0 saturated carbocycles. The van der Waals surface area contributed by atoms with Gasteiger partial charge in [0.2, 0.25) is 0 Å². The molecule has 1 aromatic heterocycles. The van der Waals surface area contributed by atoms with E-state index in [2.05, 4.69) is 26.0 Å². The number of para-hydroxylation sites is 1. The standard InChI is InChI=1S/C23H15BrClN3O4/c24-18-11-16(25)10-15(21(18)32-13-20(29)30)12-26-28-22(14-6-2-1-3-7-14)27-19-9-5-4-8-17(19)23(28)31/h1-12H,13H2,(H,29,30). The molecule has 4 aromatic rings. The van der Waals surface area contributed by atoms with Crippen LogP contribution in [0.5, 0.6) is 5.75 Å². The van der Waals surface area contributed by atoms with E-state index in [-0.39, 0.29) is 11.3 Å². The molecular weight excluding hydrogens is 498 g/mol. The van der Waals surface area contributed by atoms with Gasteiger partial charge in [-0.25, -0.2) is 9.78 Å². The van der Waals surface area contributed by atoms with E-state index < -0.39 is 12.6 Å². The van der Waals surface area contributed by atoms with Crippen LogP contribution in [0.2, 0.25) is 5.02 Å². The molecule has 32 heavy (non-hydrogen) atoms. The number of rotatable bonds is 6. The highest BCUT2D eigenvalue weighted by Crippen LogP contribution is 2.32. The van der Waals surface area contributed by atoms with E-state index in [9.17, 15) is 9.59 Å². The second-order valence-electron chi connectivity index (χ2n) is 6.67. The van der Waals surface area contributed by atoms with Crippen LogP contribution in [0.25, 0.3) is 22.3 Å². The molecule has 0 aliphatic heterocycles. The molecule has 9 heteroatoms. The first-order valence-electron chi connectivity index (χ1n) is 9.39. The summed E-state index contributed by atoms with van der Waals surface area (Å²) in [6.07, 6.45) is 1.39. The van der Waals surface area contributed by atoms with Crippen molar-refractivity contribution < 1.29 is 14.6 Å². The molecule has 0 saturated heterocycles. The summed E-state index contributed by atoms with van der Waals surface area (Å²) in [7, 11) is 0. The fourth-order valence-electron chi connectivity index (χ4n) is 3.09. The van der Waals surface area contributed by atoms with Crippen molar-refractivity contribution in [2.75, 3.05) is 6.61 Å². The number of fused-ring (bicyclic) bond motifs is 1. The Morgan fingerprint density at radius 1 is 1.16 bits per heavy atom. The van der Waals surface area contributed by atoms with Gasteiger partial charge in [-0.3, -0.25) is 4.79 Å². The molecule has 3 aromatic carbocycles. The highest BCUT2D eigenvalue weighted by molar-refractivity contribution is 9.10. The Bertz CT molecular complexity index is 1400. The summed E-state index contributed by atoms with van der Waals surface area (Å²) in [6.45, 7) is -0.548. The molecule has 0 aliphatic rings. The van der Waals surface area contributed by atoms with Crippen molar-refractivity contribution in [1.29, 1.82) is 0 Å². The van der Waals surface area contributed by atoms with Crippen LogP contribution in [0.3, 0.4) is 0 Å². The van der Waals surface area contributed by atoms with Crippen LogP contribution in [-0.2, 0) is 4.79 Å². The Labute approximate surface area is 195 Å². The number of ether oxygens (including phenoxy) is 1. The smallest absolute Gasteiger partial charge is 0.341 e. The van der Waals surface area contributed by atoms with Crippen molar-refractivity contribution in [3.05, 3.63) is 92.1 Å². The summed E-state index contributed by atoms with van der Waals surface area (Å²) in [5.41, 5.74) is 1.31. The van der Waals surface area contributed by atoms with E-state index in [0.29, 0.717) is 37.3 Å². The van der Waals surface area contributed by atoms with Crippen molar-refractivity contribution in [2.24, 2.45) is 5.10 Å². The summed E-state index contributed by atoms with van der Waals surface area (Å²) < 4.78 is 7.05. The number of hydrogen-bond acceptors (Lipinski definition) is 5. The molecule has 0 amide bonds. The Kier molecular flexibility index (Phi) is 6.34. The highest BCUT2D eigenvalue weighted by Gasteiger charge is 2.14. The summed E-state index contributed by atoms with van der Waals surface area (Å²) >= 11 is 9.49. The molecule has 0 radical (unpaired) electrons. The topological polar surface area (TPSA) is 93.8 Å². The number of nitrogens with zero attached hydrogens (tertiary/aromatic N) is 3. The zero-order valence-corrected chi connectivity index (χ0v) is 18.7. The maximum absolute atomic E-state index is 13.2. The lowest BCUT2D eigenvalue weighted by Crippen LogP contribution is -2.20. The maximum atomic E-state index is 13.2. The molecule has 4 rings (SSSR count). The van der Waals surface area contributed by atoms with Gasteiger partial charge in [0.25, 0.3) is 5.56 Å². The average Bonchev–Trinajstić information content (AvgIpc) is 2.78. The van der Waals surface area contributed by atoms with Crippen molar-refractivity contribution >= 4 is 50.6 Å². The van der Waals surface area contributed by atoms with Gasteiger partial charge >= 0.3 is 5.97 Å². The number of hydrogen-bond donors (Lipinski definition) is 1. The minimum atomic E-state index is -1.13. The molecule has 0 atom stereocenters. The van der Waals surface area contributed by atoms with Gasteiger partial charge in [0.1, 0.15) is 5.75 Å². The molecule has 0 bridgehead atoms. The van der Waals surface area contributed by atoms with Gasteiger partial charge in [-0.15, -0.1) is 0 Å². The largest absolute Gasteiger partial charge is 0.480 e. The first kappa shape index (κ1) is 21.7. The molecular formula is C23H15BrClN3O4.